The number of amides is 2. The summed E-state index contributed by atoms with van der Waals surface area (Å²) in [4.78, 5) is 11.2. The van der Waals surface area contributed by atoms with E-state index in [0.717, 1.165) is 6.07 Å². The van der Waals surface area contributed by atoms with Crippen LogP contribution in [0.4, 0.5) is 19.3 Å². The van der Waals surface area contributed by atoms with E-state index in [1.165, 1.54) is 6.07 Å². The van der Waals surface area contributed by atoms with Crippen LogP contribution < -0.4 is 10.6 Å². The minimum absolute atomic E-state index is 0.0467. The standard InChI is InChI=1S/C10H12F2N2O/c1-6(2)13-10(15)14-9-4-3-7(11)5-8(9)12/h3-6H,1-2H3,(H2,13,14,15). The number of hydrogen-bond donors (Lipinski definition) is 2. The smallest absolute Gasteiger partial charge is 0.319 e. The highest BCUT2D eigenvalue weighted by Gasteiger charge is 2.07. The summed E-state index contributed by atoms with van der Waals surface area (Å²) in [6, 6.07) is 2.40. The van der Waals surface area contributed by atoms with Gasteiger partial charge in [0.2, 0.25) is 0 Å². The van der Waals surface area contributed by atoms with Gasteiger partial charge < -0.3 is 10.6 Å². The average molecular weight is 214 g/mol. The van der Waals surface area contributed by atoms with Gasteiger partial charge in [0, 0.05) is 12.1 Å². The Morgan fingerprint density at radius 2 is 2.00 bits per heavy atom. The summed E-state index contributed by atoms with van der Waals surface area (Å²) in [5, 5.41) is 4.80. The third-order valence-electron chi connectivity index (χ3n) is 1.60. The van der Waals surface area contributed by atoms with Crippen LogP contribution in [0.5, 0.6) is 0 Å². The summed E-state index contributed by atoms with van der Waals surface area (Å²) in [5.74, 6) is -1.48. The molecule has 0 saturated carbocycles. The van der Waals surface area contributed by atoms with Gasteiger partial charge in [-0.2, -0.15) is 0 Å². The molecule has 82 valence electrons. The molecule has 5 heteroatoms. The maximum absolute atomic E-state index is 13.1. The van der Waals surface area contributed by atoms with Crippen molar-refractivity contribution in [2.45, 2.75) is 19.9 Å². The third-order valence-corrected chi connectivity index (χ3v) is 1.60. The van der Waals surface area contributed by atoms with Crippen LogP contribution in [-0.4, -0.2) is 12.1 Å². The first kappa shape index (κ1) is 11.4. The molecule has 0 bridgehead atoms. The molecule has 3 nitrogen and oxygen atoms in total. The van der Waals surface area contributed by atoms with Crippen LogP contribution in [-0.2, 0) is 0 Å². The van der Waals surface area contributed by atoms with E-state index in [1.807, 2.05) is 0 Å². The molecule has 15 heavy (non-hydrogen) atoms. The average Bonchev–Trinajstić information content (AvgIpc) is 2.08. The molecule has 0 aliphatic heterocycles. The molecule has 1 aromatic rings. The largest absolute Gasteiger partial charge is 0.336 e. The fourth-order valence-electron chi connectivity index (χ4n) is 1.01. The van der Waals surface area contributed by atoms with Gasteiger partial charge in [-0.15, -0.1) is 0 Å². The van der Waals surface area contributed by atoms with Crippen molar-refractivity contribution in [1.82, 2.24) is 5.32 Å². The Morgan fingerprint density at radius 3 is 2.53 bits per heavy atom. The van der Waals surface area contributed by atoms with Gasteiger partial charge in [-0.05, 0) is 26.0 Å². The first-order chi connectivity index (χ1) is 6.99. The van der Waals surface area contributed by atoms with E-state index in [1.54, 1.807) is 13.8 Å². The number of carbonyl (C=O) groups is 1. The molecule has 0 spiro atoms. The van der Waals surface area contributed by atoms with E-state index < -0.39 is 17.7 Å². The number of anilines is 1. The van der Waals surface area contributed by atoms with Crippen LogP contribution in [0.15, 0.2) is 18.2 Å². The van der Waals surface area contributed by atoms with E-state index in [0.29, 0.717) is 6.07 Å². The summed E-state index contributed by atoms with van der Waals surface area (Å²) in [6.07, 6.45) is 0. The lowest BCUT2D eigenvalue weighted by Crippen LogP contribution is -2.34. The topological polar surface area (TPSA) is 41.1 Å². The van der Waals surface area contributed by atoms with Gasteiger partial charge in [-0.1, -0.05) is 0 Å². The van der Waals surface area contributed by atoms with Crippen LogP contribution in [0.25, 0.3) is 0 Å². The SMILES string of the molecule is CC(C)NC(=O)Nc1ccc(F)cc1F. The Morgan fingerprint density at radius 1 is 1.33 bits per heavy atom. The number of nitrogens with one attached hydrogen (secondary N) is 2. The van der Waals surface area contributed by atoms with Crippen LogP contribution >= 0.6 is 0 Å². The number of benzene rings is 1. The quantitative estimate of drug-likeness (QED) is 0.780. The second-order valence-electron chi connectivity index (χ2n) is 3.38. The lowest BCUT2D eigenvalue weighted by molar-refractivity contribution is 0.250. The summed E-state index contributed by atoms with van der Waals surface area (Å²) in [6.45, 7) is 3.56. The van der Waals surface area contributed by atoms with E-state index in [9.17, 15) is 13.6 Å². The first-order valence-electron chi connectivity index (χ1n) is 4.51. The van der Waals surface area contributed by atoms with Crippen LogP contribution in [0.3, 0.4) is 0 Å². The lowest BCUT2D eigenvalue weighted by atomic mass is 10.3. The zero-order valence-corrected chi connectivity index (χ0v) is 8.47. The van der Waals surface area contributed by atoms with Crippen molar-refractivity contribution >= 4 is 11.7 Å². The van der Waals surface area contributed by atoms with Gasteiger partial charge in [0.1, 0.15) is 11.6 Å². The Bertz CT molecular complexity index is 366. The molecule has 0 saturated heterocycles. The zero-order chi connectivity index (χ0) is 11.4. The van der Waals surface area contributed by atoms with Crippen molar-refractivity contribution in [3.8, 4) is 0 Å². The van der Waals surface area contributed by atoms with Crippen molar-refractivity contribution < 1.29 is 13.6 Å². The number of halogens is 2. The van der Waals surface area contributed by atoms with E-state index >= 15 is 0 Å². The lowest BCUT2D eigenvalue weighted by Gasteiger charge is -2.10. The van der Waals surface area contributed by atoms with Crippen molar-refractivity contribution in [3.05, 3.63) is 29.8 Å². The minimum atomic E-state index is -0.797. The molecule has 2 amide bonds. The predicted molar refractivity (Wildman–Crippen MR) is 53.6 cm³/mol. The maximum atomic E-state index is 13.1. The first-order valence-corrected chi connectivity index (χ1v) is 4.51. The summed E-state index contributed by atoms with van der Waals surface area (Å²) >= 11 is 0. The molecule has 1 rings (SSSR count). The van der Waals surface area contributed by atoms with E-state index in [4.69, 9.17) is 0 Å². The summed E-state index contributed by atoms with van der Waals surface area (Å²) in [7, 11) is 0. The number of hydrogen-bond acceptors (Lipinski definition) is 1. The molecular weight excluding hydrogens is 202 g/mol. The highest BCUT2D eigenvalue weighted by molar-refractivity contribution is 5.89. The van der Waals surface area contributed by atoms with Crippen LogP contribution in [0.1, 0.15) is 13.8 Å². The molecule has 0 heterocycles. The van der Waals surface area contributed by atoms with Crippen molar-refractivity contribution in [2.75, 3.05) is 5.32 Å². The van der Waals surface area contributed by atoms with E-state index in [-0.39, 0.29) is 11.7 Å². The Kier molecular flexibility index (Phi) is 3.60. The molecule has 0 aromatic heterocycles. The Hall–Kier alpha value is -1.65. The highest BCUT2D eigenvalue weighted by atomic mass is 19.1. The molecule has 0 unspecified atom stereocenters. The fraction of sp³-hybridized carbons (Fsp3) is 0.300. The van der Waals surface area contributed by atoms with Gasteiger partial charge in [-0.3, -0.25) is 0 Å². The molecule has 0 aliphatic carbocycles. The summed E-state index contributed by atoms with van der Waals surface area (Å²) < 4.78 is 25.6. The maximum Gasteiger partial charge on any atom is 0.319 e. The molecule has 0 atom stereocenters. The minimum Gasteiger partial charge on any atom is -0.336 e. The van der Waals surface area contributed by atoms with Crippen molar-refractivity contribution in [1.29, 1.82) is 0 Å². The third kappa shape index (κ3) is 3.53. The molecule has 0 fully saturated rings. The van der Waals surface area contributed by atoms with Gasteiger partial charge in [-0.25, -0.2) is 13.6 Å². The van der Waals surface area contributed by atoms with Crippen molar-refractivity contribution in [3.63, 3.8) is 0 Å². The van der Waals surface area contributed by atoms with Gasteiger partial charge in [0.25, 0.3) is 0 Å². The fourth-order valence-corrected chi connectivity index (χ4v) is 1.01. The molecule has 1 aromatic carbocycles. The molecule has 0 aliphatic rings. The Balaban J connectivity index is 2.68. The molecule has 2 N–H and O–H groups in total. The second-order valence-corrected chi connectivity index (χ2v) is 3.38. The monoisotopic (exact) mass is 214 g/mol. The zero-order valence-electron chi connectivity index (χ0n) is 8.47. The van der Waals surface area contributed by atoms with Gasteiger partial charge in [0.15, 0.2) is 0 Å². The summed E-state index contributed by atoms with van der Waals surface area (Å²) in [5.41, 5.74) is -0.0467. The number of urea groups is 1. The van der Waals surface area contributed by atoms with Crippen LogP contribution in [0, 0.1) is 11.6 Å². The van der Waals surface area contributed by atoms with Gasteiger partial charge >= 0.3 is 6.03 Å². The highest BCUT2D eigenvalue weighted by Crippen LogP contribution is 2.14. The predicted octanol–water partition coefficient (Wildman–Crippen LogP) is 2.49. The van der Waals surface area contributed by atoms with Crippen LogP contribution in [0.2, 0.25) is 0 Å². The number of rotatable bonds is 2. The van der Waals surface area contributed by atoms with E-state index in [2.05, 4.69) is 10.6 Å². The molecule has 0 radical (unpaired) electrons. The van der Waals surface area contributed by atoms with Crippen molar-refractivity contribution in [2.24, 2.45) is 0 Å². The second kappa shape index (κ2) is 4.72. The van der Waals surface area contributed by atoms with Gasteiger partial charge in [0.05, 0.1) is 5.69 Å². The number of carbonyl (C=O) groups excluding carboxylic acids is 1. The Labute approximate surface area is 86.5 Å². The normalized spacial score (nSPS) is 10.2. The molecular formula is C10H12F2N2O.